The molecule has 0 radical (unpaired) electrons. The number of halogens is 1. The average Bonchev–Trinajstić information content (AvgIpc) is 2.53. The number of amides is 2. The molecule has 1 heterocycles. The van der Waals surface area contributed by atoms with Crippen LogP contribution in [-0.2, 0) is 14.3 Å². The molecule has 7 heteroatoms. The molecular formula is C16H19BrN2O4. The molecule has 6 nitrogen and oxygen atoms in total. The van der Waals surface area contributed by atoms with Crippen LogP contribution in [0.2, 0.25) is 0 Å². The summed E-state index contributed by atoms with van der Waals surface area (Å²) < 4.78 is 10.8. The normalized spacial score (nSPS) is 18.0. The summed E-state index contributed by atoms with van der Waals surface area (Å²) in [4.78, 5) is 26.2. The maximum Gasteiger partial charge on any atom is 0.337 e. The molecule has 1 aromatic carbocycles. The second-order valence-electron chi connectivity index (χ2n) is 5.07. The summed E-state index contributed by atoms with van der Waals surface area (Å²) in [6.45, 7) is 2.48. The van der Waals surface area contributed by atoms with E-state index >= 15 is 0 Å². The van der Waals surface area contributed by atoms with Gasteiger partial charge in [-0.15, -0.1) is 0 Å². The minimum atomic E-state index is -0.550. The van der Waals surface area contributed by atoms with Crippen LogP contribution >= 0.6 is 15.9 Å². The number of carbonyl (C=O) groups excluding carboxylic acids is 2. The van der Waals surface area contributed by atoms with E-state index < -0.39 is 12.0 Å². The predicted octanol–water partition coefficient (Wildman–Crippen LogP) is 2.61. The molecule has 2 rings (SSSR count). The van der Waals surface area contributed by atoms with Crippen LogP contribution in [-0.4, -0.2) is 44.3 Å². The number of urea groups is 1. The van der Waals surface area contributed by atoms with Crippen LogP contribution in [0.25, 0.3) is 0 Å². The zero-order valence-corrected chi connectivity index (χ0v) is 14.8. The van der Waals surface area contributed by atoms with Gasteiger partial charge in [0.25, 0.3) is 0 Å². The van der Waals surface area contributed by atoms with Gasteiger partial charge in [0.2, 0.25) is 0 Å². The Morgan fingerprint density at radius 1 is 1.39 bits per heavy atom. The number of benzene rings is 1. The van der Waals surface area contributed by atoms with Crippen LogP contribution < -0.4 is 5.32 Å². The monoisotopic (exact) mass is 382 g/mol. The lowest BCUT2D eigenvalue weighted by Gasteiger charge is -2.35. The molecule has 124 valence electrons. The first-order valence-corrected chi connectivity index (χ1v) is 7.90. The predicted molar refractivity (Wildman–Crippen MR) is 88.7 cm³/mol. The maximum absolute atomic E-state index is 12.4. The minimum Gasteiger partial charge on any atom is -0.466 e. The van der Waals surface area contributed by atoms with Gasteiger partial charge in [0.1, 0.15) is 0 Å². The molecule has 2 amide bonds. The largest absolute Gasteiger partial charge is 0.466 e. The number of hydrogen-bond donors (Lipinski definition) is 1. The first-order chi connectivity index (χ1) is 11.0. The van der Waals surface area contributed by atoms with E-state index in [-0.39, 0.29) is 6.03 Å². The Labute approximate surface area is 143 Å². The first-order valence-electron chi connectivity index (χ1n) is 7.11. The van der Waals surface area contributed by atoms with E-state index in [4.69, 9.17) is 9.47 Å². The van der Waals surface area contributed by atoms with Crippen molar-refractivity contribution in [2.75, 3.05) is 27.4 Å². The van der Waals surface area contributed by atoms with Gasteiger partial charge < -0.3 is 14.8 Å². The van der Waals surface area contributed by atoms with Crippen molar-refractivity contribution in [1.82, 2.24) is 10.2 Å². The van der Waals surface area contributed by atoms with E-state index in [9.17, 15) is 9.59 Å². The van der Waals surface area contributed by atoms with Gasteiger partial charge in [0.05, 0.1) is 31.9 Å². The second-order valence-corrected chi connectivity index (χ2v) is 5.99. The van der Waals surface area contributed by atoms with Gasteiger partial charge in [-0.2, -0.15) is 0 Å². The van der Waals surface area contributed by atoms with Crippen molar-refractivity contribution in [1.29, 1.82) is 0 Å². The van der Waals surface area contributed by atoms with Crippen molar-refractivity contribution < 1.29 is 19.1 Å². The fourth-order valence-electron chi connectivity index (χ4n) is 2.54. The van der Waals surface area contributed by atoms with E-state index in [1.54, 1.807) is 14.0 Å². The lowest BCUT2D eigenvalue weighted by Crippen LogP contribution is -2.48. The Kier molecular flexibility index (Phi) is 5.79. The van der Waals surface area contributed by atoms with Crippen LogP contribution in [0.4, 0.5) is 4.79 Å². The van der Waals surface area contributed by atoms with Crippen molar-refractivity contribution in [3.63, 3.8) is 0 Å². The molecule has 0 aromatic heterocycles. The summed E-state index contributed by atoms with van der Waals surface area (Å²) in [6.07, 6.45) is 0. The van der Waals surface area contributed by atoms with Crippen molar-refractivity contribution in [3.05, 3.63) is 45.6 Å². The van der Waals surface area contributed by atoms with Gasteiger partial charge in [-0.05, 0) is 24.6 Å². The Bertz CT molecular complexity index is 645. The second kappa shape index (κ2) is 7.61. The fourth-order valence-corrected chi connectivity index (χ4v) is 2.96. The molecular weight excluding hydrogens is 364 g/mol. The number of nitrogens with one attached hydrogen (secondary N) is 1. The highest BCUT2D eigenvalue weighted by molar-refractivity contribution is 9.10. The highest BCUT2D eigenvalue weighted by Crippen LogP contribution is 2.32. The lowest BCUT2D eigenvalue weighted by atomic mass is 9.95. The summed E-state index contributed by atoms with van der Waals surface area (Å²) in [5, 5.41) is 2.87. The summed E-state index contributed by atoms with van der Waals surface area (Å²) in [7, 11) is 2.89. The van der Waals surface area contributed by atoms with Gasteiger partial charge >= 0.3 is 12.0 Å². The third-order valence-corrected chi connectivity index (χ3v) is 4.20. The number of ether oxygens (including phenoxy) is 2. The molecule has 0 bridgehead atoms. The Morgan fingerprint density at radius 2 is 2.13 bits per heavy atom. The van der Waals surface area contributed by atoms with Crippen LogP contribution in [0.5, 0.6) is 0 Å². The third kappa shape index (κ3) is 3.73. The van der Waals surface area contributed by atoms with Crippen LogP contribution in [0.15, 0.2) is 40.0 Å². The molecule has 0 fully saturated rings. The van der Waals surface area contributed by atoms with Gasteiger partial charge in [0.15, 0.2) is 0 Å². The van der Waals surface area contributed by atoms with Gasteiger partial charge in [-0.25, -0.2) is 9.59 Å². The molecule has 0 spiro atoms. The minimum absolute atomic E-state index is 0.267. The lowest BCUT2D eigenvalue weighted by molar-refractivity contribution is -0.136. The van der Waals surface area contributed by atoms with E-state index in [2.05, 4.69) is 21.2 Å². The number of rotatable bonds is 5. The highest BCUT2D eigenvalue weighted by atomic mass is 79.9. The van der Waals surface area contributed by atoms with Crippen LogP contribution in [0.3, 0.4) is 0 Å². The number of allylic oxidation sites excluding steroid dienone is 1. The number of methoxy groups -OCH3 is 2. The summed E-state index contributed by atoms with van der Waals surface area (Å²) >= 11 is 3.41. The summed E-state index contributed by atoms with van der Waals surface area (Å²) in [5.74, 6) is -0.463. The number of nitrogens with zero attached hydrogens (tertiary/aromatic N) is 1. The van der Waals surface area contributed by atoms with E-state index in [0.29, 0.717) is 24.4 Å². The van der Waals surface area contributed by atoms with Crippen LogP contribution in [0.1, 0.15) is 18.5 Å². The van der Waals surface area contributed by atoms with Crippen molar-refractivity contribution in [3.8, 4) is 0 Å². The Balaban J connectivity index is 2.48. The molecule has 0 saturated heterocycles. The van der Waals surface area contributed by atoms with Crippen molar-refractivity contribution in [2.24, 2.45) is 0 Å². The summed E-state index contributed by atoms with van der Waals surface area (Å²) in [5.41, 5.74) is 1.79. The third-order valence-electron chi connectivity index (χ3n) is 3.70. The molecule has 1 aliphatic rings. The molecule has 0 saturated carbocycles. The van der Waals surface area contributed by atoms with Crippen LogP contribution in [0, 0.1) is 0 Å². The quantitative estimate of drug-likeness (QED) is 0.794. The zero-order valence-electron chi connectivity index (χ0n) is 13.3. The van der Waals surface area contributed by atoms with E-state index in [0.717, 1.165) is 10.0 Å². The average molecular weight is 383 g/mol. The van der Waals surface area contributed by atoms with Gasteiger partial charge in [0, 0.05) is 17.3 Å². The smallest absolute Gasteiger partial charge is 0.337 e. The zero-order chi connectivity index (χ0) is 17.0. The number of hydrogen-bond acceptors (Lipinski definition) is 4. The van der Waals surface area contributed by atoms with Gasteiger partial charge in [-0.3, -0.25) is 4.90 Å². The first kappa shape index (κ1) is 17.5. The number of esters is 1. The van der Waals surface area contributed by atoms with Gasteiger partial charge in [-0.1, -0.05) is 28.1 Å². The SMILES string of the molecule is COCCN1C(=O)NC(c2cccc(Br)c2)C(C(=O)OC)=C1C. The van der Waals surface area contributed by atoms with E-state index in [1.807, 2.05) is 24.3 Å². The Morgan fingerprint density at radius 3 is 2.74 bits per heavy atom. The number of carbonyl (C=O) groups is 2. The van der Waals surface area contributed by atoms with Crippen molar-refractivity contribution >= 4 is 27.9 Å². The summed E-state index contributed by atoms with van der Waals surface area (Å²) in [6, 6.07) is 6.65. The maximum atomic E-state index is 12.4. The topological polar surface area (TPSA) is 67.9 Å². The molecule has 0 aliphatic carbocycles. The van der Waals surface area contributed by atoms with Crippen molar-refractivity contribution in [2.45, 2.75) is 13.0 Å². The Hall–Kier alpha value is -1.86. The molecule has 1 unspecified atom stereocenters. The molecule has 1 atom stereocenters. The van der Waals surface area contributed by atoms with E-state index in [1.165, 1.54) is 12.0 Å². The molecule has 1 aromatic rings. The molecule has 23 heavy (non-hydrogen) atoms. The highest BCUT2D eigenvalue weighted by Gasteiger charge is 2.36. The molecule has 1 aliphatic heterocycles. The molecule has 1 N–H and O–H groups in total. The standard InChI is InChI=1S/C16H19BrN2O4/c1-10-13(15(20)23-3)14(11-5-4-6-12(17)9-11)18-16(21)19(10)7-8-22-2/h4-6,9,14H,7-8H2,1-3H3,(H,18,21). The fraction of sp³-hybridized carbons (Fsp3) is 0.375.